The first-order valence-electron chi connectivity index (χ1n) is 6.38. The molecular weight excluding hydrogens is 303 g/mol. The summed E-state index contributed by atoms with van der Waals surface area (Å²) in [5.74, 6) is -0.414. The number of nitrogens with one attached hydrogen (secondary N) is 1. The minimum Gasteiger partial charge on any atom is -0.316 e. The van der Waals surface area contributed by atoms with E-state index in [9.17, 15) is 12.8 Å². The standard InChI is InChI=1S/C13H19FN2O2S.ClH/c1-10-8-11(14)5-6-13(10)19(17,18)16-7-3-4-12(9-16)15-2;/h5-6,8,12,15H,3-4,7,9H2,1-2H3;1H. The Kier molecular flexibility index (Phi) is 5.94. The summed E-state index contributed by atoms with van der Waals surface area (Å²) in [6, 6.07) is 3.98. The van der Waals surface area contributed by atoms with Gasteiger partial charge in [-0.25, -0.2) is 12.8 Å². The molecule has 0 aromatic heterocycles. The summed E-state index contributed by atoms with van der Waals surface area (Å²) >= 11 is 0. The first-order valence-corrected chi connectivity index (χ1v) is 7.82. The smallest absolute Gasteiger partial charge is 0.243 e. The van der Waals surface area contributed by atoms with Crippen LogP contribution in [0.25, 0.3) is 0 Å². The van der Waals surface area contributed by atoms with Gasteiger partial charge in [-0.15, -0.1) is 12.4 Å². The average Bonchev–Trinajstić information content (AvgIpc) is 2.38. The minimum absolute atomic E-state index is 0. The Bertz CT molecular complexity index is 565. The number of piperidine rings is 1. The highest BCUT2D eigenvalue weighted by atomic mass is 35.5. The van der Waals surface area contributed by atoms with Gasteiger partial charge >= 0.3 is 0 Å². The van der Waals surface area contributed by atoms with Crippen LogP contribution in [0.2, 0.25) is 0 Å². The Morgan fingerprint density at radius 3 is 2.70 bits per heavy atom. The normalized spacial score (nSPS) is 20.4. The second kappa shape index (κ2) is 6.85. The van der Waals surface area contributed by atoms with E-state index >= 15 is 0 Å². The van der Waals surface area contributed by atoms with Crippen molar-refractivity contribution in [3.8, 4) is 0 Å². The third-order valence-electron chi connectivity index (χ3n) is 3.55. The van der Waals surface area contributed by atoms with Crippen LogP contribution in [0.15, 0.2) is 23.1 Å². The number of nitrogens with zero attached hydrogens (tertiary/aromatic N) is 1. The quantitative estimate of drug-likeness (QED) is 0.925. The molecule has 1 atom stereocenters. The maximum atomic E-state index is 13.1. The molecule has 0 aliphatic carbocycles. The van der Waals surface area contributed by atoms with Gasteiger partial charge in [0.2, 0.25) is 10.0 Å². The van der Waals surface area contributed by atoms with Gasteiger partial charge in [-0.2, -0.15) is 4.31 Å². The monoisotopic (exact) mass is 322 g/mol. The zero-order valence-electron chi connectivity index (χ0n) is 11.6. The second-order valence-electron chi connectivity index (χ2n) is 4.90. The number of hydrogen-bond acceptors (Lipinski definition) is 3. The van der Waals surface area contributed by atoms with Crippen molar-refractivity contribution in [2.24, 2.45) is 0 Å². The van der Waals surface area contributed by atoms with Crippen LogP contribution in [0, 0.1) is 12.7 Å². The van der Waals surface area contributed by atoms with Gasteiger partial charge in [-0.3, -0.25) is 0 Å². The zero-order valence-corrected chi connectivity index (χ0v) is 13.2. The number of sulfonamides is 1. The van der Waals surface area contributed by atoms with Gasteiger partial charge in [-0.05, 0) is 50.6 Å². The topological polar surface area (TPSA) is 49.4 Å². The van der Waals surface area contributed by atoms with Gasteiger partial charge in [0.1, 0.15) is 5.82 Å². The highest BCUT2D eigenvalue weighted by Gasteiger charge is 2.30. The van der Waals surface area contributed by atoms with Crippen LogP contribution in [0.4, 0.5) is 4.39 Å². The summed E-state index contributed by atoms with van der Waals surface area (Å²) in [5.41, 5.74) is 0.451. The molecule has 1 aliphatic heterocycles. The van der Waals surface area contributed by atoms with E-state index < -0.39 is 15.8 Å². The fourth-order valence-electron chi connectivity index (χ4n) is 2.44. The Morgan fingerprint density at radius 2 is 2.10 bits per heavy atom. The number of aryl methyl sites for hydroxylation is 1. The molecular formula is C13H20ClFN2O2S. The van der Waals surface area contributed by atoms with Gasteiger partial charge in [0, 0.05) is 19.1 Å². The molecule has 2 rings (SSSR count). The molecule has 1 aromatic rings. The van der Waals surface area contributed by atoms with E-state index in [1.165, 1.54) is 22.5 Å². The Morgan fingerprint density at radius 1 is 1.40 bits per heavy atom. The molecule has 1 aromatic carbocycles. The molecule has 0 amide bonds. The van der Waals surface area contributed by atoms with E-state index in [4.69, 9.17) is 0 Å². The molecule has 0 bridgehead atoms. The molecule has 0 spiro atoms. The van der Waals surface area contributed by atoms with Crippen molar-refractivity contribution < 1.29 is 12.8 Å². The fourth-order valence-corrected chi connectivity index (χ4v) is 4.17. The SMILES string of the molecule is CNC1CCCN(S(=O)(=O)c2ccc(F)cc2C)C1.Cl. The first-order chi connectivity index (χ1) is 8.95. The van der Waals surface area contributed by atoms with Gasteiger partial charge in [0.25, 0.3) is 0 Å². The predicted octanol–water partition coefficient (Wildman–Crippen LogP) is 1.93. The summed E-state index contributed by atoms with van der Waals surface area (Å²) in [4.78, 5) is 0.200. The molecule has 1 N–H and O–H groups in total. The lowest BCUT2D eigenvalue weighted by atomic mass is 10.1. The maximum Gasteiger partial charge on any atom is 0.243 e. The molecule has 0 saturated carbocycles. The van der Waals surface area contributed by atoms with Crippen molar-refractivity contribution in [1.82, 2.24) is 9.62 Å². The van der Waals surface area contributed by atoms with Crippen LogP contribution < -0.4 is 5.32 Å². The lowest BCUT2D eigenvalue weighted by molar-refractivity contribution is 0.292. The molecule has 1 aliphatic rings. The van der Waals surface area contributed by atoms with E-state index in [2.05, 4.69) is 5.32 Å². The summed E-state index contributed by atoms with van der Waals surface area (Å²) in [7, 11) is -1.69. The summed E-state index contributed by atoms with van der Waals surface area (Å²) in [6.07, 6.45) is 1.82. The number of rotatable bonds is 3. The lowest BCUT2D eigenvalue weighted by Gasteiger charge is -2.32. The van der Waals surface area contributed by atoms with Crippen LogP contribution in [-0.2, 0) is 10.0 Å². The van der Waals surface area contributed by atoms with Crippen LogP contribution in [0.3, 0.4) is 0 Å². The highest BCUT2D eigenvalue weighted by molar-refractivity contribution is 7.89. The van der Waals surface area contributed by atoms with Gasteiger partial charge in [-0.1, -0.05) is 0 Å². The highest BCUT2D eigenvalue weighted by Crippen LogP contribution is 2.23. The number of hydrogen-bond donors (Lipinski definition) is 1. The van der Waals surface area contributed by atoms with Gasteiger partial charge in [0.15, 0.2) is 0 Å². The Hall–Kier alpha value is -0.690. The average molecular weight is 323 g/mol. The molecule has 1 heterocycles. The third-order valence-corrected chi connectivity index (χ3v) is 5.57. The van der Waals surface area contributed by atoms with Crippen molar-refractivity contribution in [1.29, 1.82) is 0 Å². The van der Waals surface area contributed by atoms with E-state index in [1.54, 1.807) is 6.92 Å². The minimum atomic E-state index is -3.53. The van der Waals surface area contributed by atoms with Crippen molar-refractivity contribution in [3.05, 3.63) is 29.6 Å². The van der Waals surface area contributed by atoms with Crippen molar-refractivity contribution in [2.75, 3.05) is 20.1 Å². The zero-order chi connectivity index (χ0) is 14.0. The Balaban J connectivity index is 0.00000200. The van der Waals surface area contributed by atoms with Crippen molar-refractivity contribution in [3.63, 3.8) is 0 Å². The van der Waals surface area contributed by atoms with E-state index in [0.29, 0.717) is 18.7 Å². The van der Waals surface area contributed by atoms with E-state index in [0.717, 1.165) is 12.8 Å². The maximum absolute atomic E-state index is 13.1. The summed E-state index contributed by atoms with van der Waals surface area (Å²) in [5, 5.41) is 3.12. The van der Waals surface area contributed by atoms with Crippen LogP contribution >= 0.6 is 12.4 Å². The van der Waals surface area contributed by atoms with Gasteiger partial charge in [0.05, 0.1) is 4.90 Å². The molecule has 0 radical (unpaired) electrons. The molecule has 1 unspecified atom stereocenters. The third kappa shape index (κ3) is 3.49. The number of halogens is 2. The largest absolute Gasteiger partial charge is 0.316 e. The van der Waals surface area contributed by atoms with E-state index in [1.807, 2.05) is 7.05 Å². The predicted molar refractivity (Wildman–Crippen MR) is 79.2 cm³/mol. The Labute approximate surface area is 125 Å². The first kappa shape index (κ1) is 17.4. The van der Waals surface area contributed by atoms with Crippen molar-refractivity contribution >= 4 is 22.4 Å². The number of benzene rings is 1. The molecule has 20 heavy (non-hydrogen) atoms. The molecule has 7 heteroatoms. The summed E-state index contributed by atoms with van der Waals surface area (Å²) < 4.78 is 39.7. The number of likely N-dealkylation sites (N-methyl/N-ethyl adjacent to an activating group) is 1. The van der Waals surface area contributed by atoms with Crippen molar-refractivity contribution in [2.45, 2.75) is 30.7 Å². The lowest BCUT2D eigenvalue weighted by Crippen LogP contribution is -2.46. The molecule has 114 valence electrons. The molecule has 4 nitrogen and oxygen atoms in total. The van der Waals surface area contributed by atoms with Gasteiger partial charge < -0.3 is 5.32 Å². The van der Waals surface area contributed by atoms with Crippen LogP contribution in [0.1, 0.15) is 18.4 Å². The fraction of sp³-hybridized carbons (Fsp3) is 0.538. The second-order valence-corrected chi connectivity index (χ2v) is 6.81. The van der Waals surface area contributed by atoms with Crippen LogP contribution in [0.5, 0.6) is 0 Å². The molecule has 1 fully saturated rings. The molecule has 1 saturated heterocycles. The van der Waals surface area contributed by atoms with Crippen LogP contribution in [-0.4, -0.2) is 38.9 Å². The van der Waals surface area contributed by atoms with E-state index in [-0.39, 0.29) is 23.3 Å². The summed E-state index contributed by atoms with van der Waals surface area (Å²) in [6.45, 7) is 2.61.